The van der Waals surface area contributed by atoms with Gasteiger partial charge in [0.05, 0.1) is 12.6 Å². The molecule has 2 aromatic heterocycles. The van der Waals surface area contributed by atoms with Gasteiger partial charge in [-0.15, -0.1) is 0 Å². The number of nitrogens with two attached hydrogens (primary N) is 2. The summed E-state index contributed by atoms with van der Waals surface area (Å²) in [6.45, 7) is 5.63. The number of fused-ring (bicyclic) bond motifs is 1. The van der Waals surface area contributed by atoms with E-state index in [0.29, 0.717) is 51.6 Å². The predicted molar refractivity (Wildman–Crippen MR) is 184 cm³/mol. The van der Waals surface area contributed by atoms with Crippen LogP contribution in [0.1, 0.15) is 41.6 Å². The topological polar surface area (TPSA) is 184 Å². The number of rotatable bonds is 11. The first-order chi connectivity index (χ1) is 24.2. The third kappa shape index (κ3) is 7.84. The van der Waals surface area contributed by atoms with E-state index in [4.69, 9.17) is 37.3 Å². The molecule has 4 aromatic rings. The Hall–Kier alpha value is -5.15. The highest BCUT2D eigenvalue weighted by Gasteiger charge is 2.30. The van der Waals surface area contributed by atoms with E-state index in [-0.39, 0.29) is 54.3 Å². The average Bonchev–Trinajstić information content (AvgIpc) is 3.76. The zero-order valence-electron chi connectivity index (χ0n) is 27.8. The fraction of sp³-hybridized carbons (Fsp3) is 0.412. The Labute approximate surface area is 294 Å². The van der Waals surface area contributed by atoms with Gasteiger partial charge in [0.1, 0.15) is 25.4 Å². The largest absolute Gasteiger partial charge is 0.484 e. The second-order valence-corrected chi connectivity index (χ2v) is 12.4. The number of aromatic nitrogens is 4. The van der Waals surface area contributed by atoms with E-state index in [2.05, 4.69) is 24.4 Å². The van der Waals surface area contributed by atoms with Crippen LogP contribution in [0.5, 0.6) is 5.75 Å². The molecule has 50 heavy (non-hydrogen) atoms. The normalized spacial score (nSPS) is 16.1. The molecule has 2 aliphatic rings. The number of carbonyl (C=O) groups excluding carboxylic acids is 3. The molecule has 3 amide bonds. The van der Waals surface area contributed by atoms with Crippen molar-refractivity contribution in [2.75, 3.05) is 50.9 Å². The van der Waals surface area contributed by atoms with E-state index in [1.54, 1.807) is 9.80 Å². The molecule has 4 heterocycles. The number of nitrogens with one attached hydrogen (secondary N) is 1. The van der Waals surface area contributed by atoms with Crippen LogP contribution in [0.3, 0.4) is 0 Å². The molecule has 0 bridgehead atoms. The molecular weight excluding hydrogens is 666 g/mol. The van der Waals surface area contributed by atoms with Crippen LogP contribution in [0.25, 0.3) is 11.0 Å². The fourth-order valence-corrected chi connectivity index (χ4v) is 6.36. The summed E-state index contributed by atoms with van der Waals surface area (Å²) < 4.78 is 21.7. The summed E-state index contributed by atoms with van der Waals surface area (Å²) in [6, 6.07) is 15.2. The van der Waals surface area contributed by atoms with E-state index < -0.39 is 12.0 Å². The highest BCUT2D eigenvalue weighted by Crippen LogP contribution is 2.25. The number of piperazine rings is 1. The van der Waals surface area contributed by atoms with Crippen LogP contribution >= 0.6 is 11.6 Å². The smallest absolute Gasteiger partial charge is 0.410 e. The molecular formula is C34H41ClN9O6+. The molecule has 2 aliphatic heterocycles. The van der Waals surface area contributed by atoms with Gasteiger partial charge in [0.2, 0.25) is 0 Å². The number of halogens is 1. The first kappa shape index (κ1) is 34.7. The molecule has 0 radical (unpaired) electrons. The molecule has 0 aliphatic carbocycles. The van der Waals surface area contributed by atoms with E-state index >= 15 is 0 Å². The summed E-state index contributed by atoms with van der Waals surface area (Å²) in [5, 5.41) is 2.80. The molecule has 0 saturated carbocycles. The van der Waals surface area contributed by atoms with Crippen molar-refractivity contribution in [1.82, 2.24) is 29.7 Å². The lowest BCUT2D eigenvalue weighted by atomic mass is 10.2. The minimum Gasteiger partial charge on any atom is -0.484 e. The van der Waals surface area contributed by atoms with Crippen LogP contribution in [0.4, 0.5) is 16.4 Å². The standard InChI is InChI=1S/C34H40ClN9O6/c1-2-43-25-11-10-23(49-21-28(45)41-12-14-42(15-13-41)34(47)50-20-22-7-4-3-5-8-22)17-26(25)44(19-24-9-6-16-48-24)27(43)18-38-33(46)29-31(36)40-32(37)30(35)39-29/h3-5,7-8,10-11,17,24H,2,6,9,12-16,18-21H2,1H3,(H4-,36,37,38,40,46)/p+1/t24-/m0/s1. The molecule has 15 nitrogen and oxygen atoms in total. The molecule has 2 saturated heterocycles. The van der Waals surface area contributed by atoms with Crippen molar-refractivity contribution in [3.05, 3.63) is 70.8 Å². The van der Waals surface area contributed by atoms with E-state index in [1.807, 2.05) is 55.5 Å². The summed E-state index contributed by atoms with van der Waals surface area (Å²) in [5.74, 6) is 0.467. The predicted octanol–water partition coefficient (Wildman–Crippen LogP) is 2.53. The van der Waals surface area contributed by atoms with Gasteiger partial charge in [-0.25, -0.2) is 23.9 Å². The second kappa shape index (κ2) is 15.6. The average molecular weight is 707 g/mol. The Balaban J connectivity index is 1.12. The number of nitrogen functional groups attached to an aromatic ring is 2. The van der Waals surface area contributed by atoms with E-state index in [9.17, 15) is 14.4 Å². The quantitative estimate of drug-likeness (QED) is 0.196. The molecule has 5 N–H and O–H groups in total. The first-order valence-electron chi connectivity index (χ1n) is 16.6. The molecule has 264 valence electrons. The zero-order valence-corrected chi connectivity index (χ0v) is 28.6. The van der Waals surface area contributed by atoms with Gasteiger partial charge in [-0.3, -0.25) is 9.59 Å². The number of hydrogen-bond donors (Lipinski definition) is 3. The van der Waals surface area contributed by atoms with E-state index in [0.717, 1.165) is 35.3 Å². The van der Waals surface area contributed by atoms with Crippen LogP contribution in [0.2, 0.25) is 5.15 Å². The third-order valence-electron chi connectivity index (χ3n) is 8.86. The van der Waals surface area contributed by atoms with Crippen LogP contribution in [-0.2, 0) is 40.5 Å². The lowest BCUT2D eigenvalue weighted by Crippen LogP contribution is -2.51. The van der Waals surface area contributed by atoms with Gasteiger partial charge in [0.25, 0.3) is 17.6 Å². The van der Waals surface area contributed by atoms with E-state index in [1.165, 1.54) is 0 Å². The van der Waals surface area contributed by atoms with Gasteiger partial charge in [-0.1, -0.05) is 41.9 Å². The summed E-state index contributed by atoms with van der Waals surface area (Å²) in [6.07, 6.45) is 1.49. The number of aryl methyl sites for hydroxylation is 1. The monoisotopic (exact) mass is 706 g/mol. The van der Waals surface area contributed by atoms with Gasteiger partial charge < -0.3 is 40.8 Å². The summed E-state index contributed by atoms with van der Waals surface area (Å²) in [5.41, 5.74) is 14.2. The van der Waals surface area contributed by atoms with Crippen molar-refractivity contribution in [1.29, 1.82) is 0 Å². The highest BCUT2D eigenvalue weighted by atomic mass is 35.5. The van der Waals surface area contributed by atoms with Crippen molar-refractivity contribution in [3.63, 3.8) is 0 Å². The number of hydrogen-bond acceptors (Lipinski definition) is 10. The summed E-state index contributed by atoms with van der Waals surface area (Å²) in [4.78, 5) is 50.0. The third-order valence-corrected chi connectivity index (χ3v) is 9.14. The van der Waals surface area contributed by atoms with Gasteiger partial charge in [-0.05, 0) is 37.5 Å². The Morgan fingerprint density at radius 1 is 1.04 bits per heavy atom. The van der Waals surface area contributed by atoms with Gasteiger partial charge in [0.15, 0.2) is 40.1 Å². The number of amides is 3. The Kier molecular flexibility index (Phi) is 10.8. The lowest BCUT2D eigenvalue weighted by molar-refractivity contribution is -0.676. The van der Waals surface area contributed by atoms with Crippen LogP contribution in [-0.4, -0.2) is 87.7 Å². The Morgan fingerprint density at radius 2 is 1.80 bits per heavy atom. The highest BCUT2D eigenvalue weighted by molar-refractivity contribution is 6.31. The number of anilines is 2. The minimum absolute atomic E-state index is 0.00298. The van der Waals surface area contributed by atoms with Crippen molar-refractivity contribution in [2.24, 2.45) is 0 Å². The van der Waals surface area contributed by atoms with Crippen molar-refractivity contribution in [3.8, 4) is 5.75 Å². The molecule has 2 aromatic carbocycles. The molecule has 6 rings (SSSR count). The number of nitrogens with zero attached hydrogens (tertiary/aromatic N) is 6. The first-order valence-corrected chi connectivity index (χ1v) is 17.0. The molecule has 0 unspecified atom stereocenters. The molecule has 0 spiro atoms. The summed E-state index contributed by atoms with van der Waals surface area (Å²) in [7, 11) is 0. The second-order valence-electron chi connectivity index (χ2n) is 12.1. The Morgan fingerprint density at radius 3 is 2.52 bits per heavy atom. The maximum absolute atomic E-state index is 13.1. The fourth-order valence-electron chi connectivity index (χ4n) is 6.24. The number of ether oxygens (including phenoxy) is 3. The maximum Gasteiger partial charge on any atom is 0.410 e. The molecule has 2 fully saturated rings. The minimum atomic E-state index is -0.541. The van der Waals surface area contributed by atoms with Crippen molar-refractivity contribution < 1.29 is 33.2 Å². The molecule has 16 heteroatoms. The number of benzene rings is 2. The van der Waals surface area contributed by atoms with Crippen molar-refractivity contribution >= 4 is 52.2 Å². The lowest BCUT2D eigenvalue weighted by Gasteiger charge is -2.34. The van der Waals surface area contributed by atoms with Crippen LogP contribution < -0.4 is 26.1 Å². The maximum atomic E-state index is 13.1. The Bertz CT molecular complexity index is 1860. The van der Waals surface area contributed by atoms with Gasteiger partial charge in [-0.2, -0.15) is 0 Å². The van der Waals surface area contributed by atoms with Crippen molar-refractivity contribution in [2.45, 2.75) is 52.1 Å². The van der Waals surface area contributed by atoms with Gasteiger partial charge >= 0.3 is 6.09 Å². The van der Waals surface area contributed by atoms with Crippen LogP contribution in [0, 0.1) is 0 Å². The van der Waals surface area contributed by atoms with Crippen LogP contribution in [0.15, 0.2) is 48.5 Å². The summed E-state index contributed by atoms with van der Waals surface area (Å²) >= 11 is 6.01. The SMILES string of the molecule is CC[n+]1c(CNC(=O)c2nc(Cl)c(N)nc2N)n(C[C@@H]2CCCO2)c2cc(OCC(=O)N3CCN(C(=O)OCc4ccccc4)CC3)ccc21. The molecule has 1 atom stereocenters. The zero-order chi connectivity index (χ0) is 35.2. The number of carbonyl (C=O) groups is 3. The van der Waals surface area contributed by atoms with Gasteiger partial charge in [0, 0.05) is 38.9 Å². The number of imidazole rings is 1.